The molecule has 1 aromatic rings. The summed E-state index contributed by atoms with van der Waals surface area (Å²) in [5.74, 6) is -0.552. The number of likely N-dealkylation sites (tertiary alicyclic amines) is 1. The predicted molar refractivity (Wildman–Crippen MR) is 82.7 cm³/mol. The van der Waals surface area contributed by atoms with Crippen LogP contribution in [0.25, 0.3) is 0 Å². The molecule has 22 heavy (non-hydrogen) atoms. The van der Waals surface area contributed by atoms with Gasteiger partial charge in [-0.1, -0.05) is 18.7 Å². The number of carboxylic acid groups (broad SMARTS) is 1. The number of hydrogen-bond acceptors (Lipinski definition) is 5. The molecule has 1 saturated heterocycles. The lowest BCUT2D eigenvalue weighted by molar-refractivity contribution is -0.151. The summed E-state index contributed by atoms with van der Waals surface area (Å²) in [6.45, 7) is 6.56. The maximum Gasteiger partial charge on any atom is 0.326 e. The molecule has 0 bridgehead atoms. The molecule has 0 aliphatic carbocycles. The second-order valence-electron chi connectivity index (χ2n) is 5.97. The number of nitrogens with zero attached hydrogens (tertiary/aromatic N) is 4. The highest BCUT2D eigenvalue weighted by atomic mass is 32.2. The zero-order valence-electron chi connectivity index (χ0n) is 13.1. The lowest BCUT2D eigenvalue weighted by atomic mass is 9.92. The highest BCUT2D eigenvalue weighted by Gasteiger charge is 2.34. The van der Waals surface area contributed by atoms with Crippen molar-refractivity contribution in [2.45, 2.75) is 50.9 Å². The van der Waals surface area contributed by atoms with E-state index in [-0.39, 0.29) is 17.7 Å². The van der Waals surface area contributed by atoms with E-state index in [1.165, 1.54) is 16.7 Å². The SMILES string of the molecule is CC1CCN(C(=O)CSc2nncn2C(C)C)C(C(=O)O)C1. The normalized spacial score (nSPS) is 22.1. The molecule has 8 heteroatoms. The summed E-state index contributed by atoms with van der Waals surface area (Å²) in [6.07, 6.45) is 3.01. The minimum atomic E-state index is -0.921. The molecule has 1 aromatic heterocycles. The Labute approximate surface area is 134 Å². The molecular weight excluding hydrogens is 304 g/mol. The molecule has 122 valence electrons. The molecule has 7 nitrogen and oxygen atoms in total. The molecule has 2 atom stereocenters. The standard InChI is InChI=1S/C14H22N4O3S/c1-9(2)18-8-15-16-14(18)22-7-12(19)17-5-4-10(3)6-11(17)13(20)21/h8-11H,4-7H2,1-3H3,(H,20,21). The highest BCUT2D eigenvalue weighted by Crippen LogP contribution is 2.25. The second kappa shape index (κ2) is 7.13. The van der Waals surface area contributed by atoms with Crippen LogP contribution in [-0.2, 0) is 9.59 Å². The third-order valence-corrected chi connectivity index (χ3v) is 4.83. The molecule has 2 unspecified atom stereocenters. The van der Waals surface area contributed by atoms with Crippen LogP contribution >= 0.6 is 11.8 Å². The maximum absolute atomic E-state index is 12.4. The maximum atomic E-state index is 12.4. The van der Waals surface area contributed by atoms with E-state index in [4.69, 9.17) is 0 Å². The Hall–Kier alpha value is -1.57. The van der Waals surface area contributed by atoms with E-state index >= 15 is 0 Å². The first-order valence-corrected chi connectivity index (χ1v) is 8.43. The lowest BCUT2D eigenvalue weighted by Crippen LogP contribution is -2.50. The van der Waals surface area contributed by atoms with E-state index in [1.807, 2.05) is 25.3 Å². The van der Waals surface area contributed by atoms with Crippen LogP contribution in [0.15, 0.2) is 11.5 Å². The van der Waals surface area contributed by atoms with Gasteiger partial charge in [0.05, 0.1) is 5.75 Å². The Kier molecular flexibility index (Phi) is 5.44. The molecule has 0 radical (unpaired) electrons. The van der Waals surface area contributed by atoms with Gasteiger partial charge in [0.1, 0.15) is 12.4 Å². The summed E-state index contributed by atoms with van der Waals surface area (Å²) in [5, 5.41) is 17.9. The number of carboxylic acids is 1. The van der Waals surface area contributed by atoms with Gasteiger partial charge in [-0.2, -0.15) is 0 Å². The summed E-state index contributed by atoms with van der Waals surface area (Å²) in [4.78, 5) is 25.2. The average Bonchev–Trinajstić information content (AvgIpc) is 2.93. The highest BCUT2D eigenvalue weighted by molar-refractivity contribution is 7.99. The van der Waals surface area contributed by atoms with Crippen LogP contribution in [0.4, 0.5) is 0 Å². The van der Waals surface area contributed by atoms with Crippen molar-refractivity contribution in [3.05, 3.63) is 6.33 Å². The van der Waals surface area contributed by atoms with Gasteiger partial charge >= 0.3 is 5.97 Å². The van der Waals surface area contributed by atoms with E-state index < -0.39 is 12.0 Å². The number of aliphatic carboxylic acids is 1. The van der Waals surface area contributed by atoms with Crippen molar-refractivity contribution in [1.29, 1.82) is 0 Å². The molecule has 1 aliphatic rings. The Morgan fingerprint density at radius 1 is 1.50 bits per heavy atom. The fraction of sp³-hybridized carbons (Fsp3) is 0.714. The van der Waals surface area contributed by atoms with Gasteiger partial charge in [0, 0.05) is 12.6 Å². The first kappa shape index (κ1) is 16.8. The van der Waals surface area contributed by atoms with E-state index in [1.54, 1.807) is 6.33 Å². The molecule has 1 fully saturated rings. The van der Waals surface area contributed by atoms with Gasteiger partial charge in [0.15, 0.2) is 5.16 Å². The summed E-state index contributed by atoms with van der Waals surface area (Å²) >= 11 is 1.30. The number of carbonyl (C=O) groups is 2. The van der Waals surface area contributed by atoms with E-state index in [9.17, 15) is 14.7 Å². The largest absolute Gasteiger partial charge is 0.480 e. The molecule has 0 saturated carbocycles. The minimum absolute atomic E-state index is 0.150. The molecule has 1 aliphatic heterocycles. The van der Waals surface area contributed by atoms with Gasteiger partial charge in [-0.15, -0.1) is 10.2 Å². The summed E-state index contributed by atoms with van der Waals surface area (Å²) < 4.78 is 1.89. The lowest BCUT2D eigenvalue weighted by Gasteiger charge is -2.35. The van der Waals surface area contributed by atoms with Crippen molar-refractivity contribution in [3.8, 4) is 0 Å². The predicted octanol–water partition coefficient (Wildman–Crippen LogP) is 1.66. The zero-order valence-corrected chi connectivity index (χ0v) is 13.9. The molecule has 1 N–H and O–H groups in total. The third kappa shape index (κ3) is 3.79. The second-order valence-corrected chi connectivity index (χ2v) is 6.92. The molecule has 2 heterocycles. The monoisotopic (exact) mass is 326 g/mol. The number of piperidine rings is 1. The number of hydrogen-bond donors (Lipinski definition) is 1. The number of aromatic nitrogens is 3. The van der Waals surface area contributed by atoms with Gasteiger partial charge in [-0.3, -0.25) is 4.79 Å². The van der Waals surface area contributed by atoms with Crippen molar-refractivity contribution < 1.29 is 14.7 Å². The smallest absolute Gasteiger partial charge is 0.326 e. The van der Waals surface area contributed by atoms with Crippen molar-refractivity contribution in [2.24, 2.45) is 5.92 Å². The summed E-state index contributed by atoms with van der Waals surface area (Å²) in [5.41, 5.74) is 0. The fourth-order valence-corrected chi connectivity index (χ4v) is 3.50. The van der Waals surface area contributed by atoms with Crippen LogP contribution < -0.4 is 0 Å². The van der Waals surface area contributed by atoms with Crippen molar-refractivity contribution >= 4 is 23.6 Å². The Morgan fingerprint density at radius 2 is 2.23 bits per heavy atom. The van der Waals surface area contributed by atoms with Crippen LogP contribution in [0.5, 0.6) is 0 Å². The van der Waals surface area contributed by atoms with Crippen LogP contribution in [0.1, 0.15) is 39.7 Å². The Morgan fingerprint density at radius 3 is 2.86 bits per heavy atom. The van der Waals surface area contributed by atoms with Crippen LogP contribution in [-0.4, -0.2) is 55.0 Å². The molecular formula is C14H22N4O3S. The Balaban J connectivity index is 1.99. The molecule has 2 rings (SSSR count). The quantitative estimate of drug-likeness (QED) is 0.828. The topological polar surface area (TPSA) is 88.3 Å². The fourth-order valence-electron chi connectivity index (χ4n) is 2.57. The van der Waals surface area contributed by atoms with Gasteiger partial charge in [0.2, 0.25) is 5.91 Å². The van der Waals surface area contributed by atoms with Gasteiger partial charge in [-0.25, -0.2) is 4.79 Å². The summed E-state index contributed by atoms with van der Waals surface area (Å²) in [7, 11) is 0. The van der Waals surface area contributed by atoms with Crippen molar-refractivity contribution in [1.82, 2.24) is 19.7 Å². The van der Waals surface area contributed by atoms with Gasteiger partial charge in [-0.05, 0) is 32.6 Å². The molecule has 0 spiro atoms. The van der Waals surface area contributed by atoms with Crippen LogP contribution in [0, 0.1) is 5.92 Å². The van der Waals surface area contributed by atoms with Gasteiger partial charge < -0.3 is 14.6 Å². The van der Waals surface area contributed by atoms with Crippen LogP contribution in [0.3, 0.4) is 0 Å². The van der Waals surface area contributed by atoms with Gasteiger partial charge in [0.25, 0.3) is 0 Å². The Bertz CT molecular complexity index is 546. The third-order valence-electron chi connectivity index (χ3n) is 3.89. The van der Waals surface area contributed by atoms with E-state index in [0.29, 0.717) is 24.0 Å². The molecule has 0 aromatic carbocycles. The van der Waals surface area contributed by atoms with E-state index in [2.05, 4.69) is 10.2 Å². The minimum Gasteiger partial charge on any atom is -0.480 e. The van der Waals surface area contributed by atoms with Crippen LogP contribution in [0.2, 0.25) is 0 Å². The number of amides is 1. The number of carbonyl (C=O) groups excluding carboxylic acids is 1. The number of rotatable bonds is 5. The van der Waals surface area contributed by atoms with E-state index in [0.717, 1.165) is 6.42 Å². The summed E-state index contributed by atoms with van der Waals surface area (Å²) in [6, 6.07) is -0.491. The molecule has 1 amide bonds. The number of thioether (sulfide) groups is 1. The van der Waals surface area contributed by atoms with Crippen molar-refractivity contribution in [3.63, 3.8) is 0 Å². The average molecular weight is 326 g/mol. The first-order valence-electron chi connectivity index (χ1n) is 7.44. The zero-order chi connectivity index (χ0) is 16.3. The first-order chi connectivity index (χ1) is 10.4. The van der Waals surface area contributed by atoms with Crippen molar-refractivity contribution in [2.75, 3.05) is 12.3 Å².